The summed E-state index contributed by atoms with van der Waals surface area (Å²) in [5.74, 6) is 0.435. The zero-order valence-corrected chi connectivity index (χ0v) is 8.46. The molecule has 1 aliphatic rings. The van der Waals surface area contributed by atoms with Gasteiger partial charge in [-0.2, -0.15) is 0 Å². The highest BCUT2D eigenvalue weighted by Gasteiger charge is 2.24. The van der Waals surface area contributed by atoms with E-state index in [2.05, 4.69) is 0 Å². The molecule has 0 spiro atoms. The first-order chi connectivity index (χ1) is 7.77. The van der Waals surface area contributed by atoms with E-state index in [4.69, 9.17) is 19.9 Å². The largest absolute Gasteiger partial charge is 0.461 e. The lowest BCUT2D eigenvalue weighted by atomic mass is 10.1. The van der Waals surface area contributed by atoms with Crippen LogP contribution in [0.4, 0.5) is 4.79 Å². The molecule has 5 nitrogen and oxygen atoms in total. The molecule has 0 radical (unpaired) electrons. The van der Waals surface area contributed by atoms with E-state index in [9.17, 15) is 4.79 Å². The standard InChI is InChI=1S/C11H11NO4/c12-11(13)16-10(9-6-14-7-15-9)8-4-2-1-3-5-8/h1-6,10H,7H2,(H2,12,13). The third-order valence-electron chi connectivity index (χ3n) is 2.09. The van der Waals surface area contributed by atoms with Crippen LogP contribution in [0.3, 0.4) is 0 Å². The SMILES string of the molecule is NC(=O)OC(C1=COCO1)c1ccccc1. The molecule has 1 amide bonds. The highest BCUT2D eigenvalue weighted by molar-refractivity contribution is 5.65. The first-order valence-corrected chi connectivity index (χ1v) is 4.73. The topological polar surface area (TPSA) is 70.8 Å². The predicted molar refractivity (Wildman–Crippen MR) is 55.0 cm³/mol. The van der Waals surface area contributed by atoms with E-state index in [0.29, 0.717) is 5.76 Å². The highest BCUT2D eigenvalue weighted by atomic mass is 16.7. The van der Waals surface area contributed by atoms with E-state index >= 15 is 0 Å². The van der Waals surface area contributed by atoms with E-state index in [1.54, 1.807) is 0 Å². The Hall–Kier alpha value is -2.17. The zero-order valence-electron chi connectivity index (χ0n) is 8.46. The zero-order chi connectivity index (χ0) is 11.4. The summed E-state index contributed by atoms with van der Waals surface area (Å²) in [5.41, 5.74) is 5.79. The molecule has 2 rings (SSSR count). The van der Waals surface area contributed by atoms with Gasteiger partial charge in [0.05, 0.1) is 0 Å². The molecule has 1 aromatic carbocycles. The monoisotopic (exact) mass is 221 g/mol. The van der Waals surface area contributed by atoms with E-state index < -0.39 is 12.2 Å². The molecule has 84 valence electrons. The van der Waals surface area contributed by atoms with Crippen LogP contribution in [-0.2, 0) is 14.2 Å². The summed E-state index contributed by atoms with van der Waals surface area (Å²) in [6, 6.07) is 9.17. The fourth-order valence-electron chi connectivity index (χ4n) is 1.42. The smallest absolute Gasteiger partial charge is 0.405 e. The Labute approximate surface area is 92.4 Å². The van der Waals surface area contributed by atoms with Crippen LogP contribution in [0.25, 0.3) is 0 Å². The minimum absolute atomic E-state index is 0.126. The average Bonchev–Trinajstić information content (AvgIpc) is 2.80. The van der Waals surface area contributed by atoms with Gasteiger partial charge in [0, 0.05) is 5.56 Å². The quantitative estimate of drug-likeness (QED) is 0.842. The second-order valence-electron chi connectivity index (χ2n) is 3.18. The summed E-state index contributed by atoms with van der Waals surface area (Å²) < 4.78 is 15.1. The molecule has 1 unspecified atom stereocenters. The van der Waals surface area contributed by atoms with Crippen molar-refractivity contribution in [2.75, 3.05) is 6.79 Å². The van der Waals surface area contributed by atoms with Crippen molar-refractivity contribution in [1.82, 2.24) is 0 Å². The molecular weight excluding hydrogens is 210 g/mol. The lowest BCUT2D eigenvalue weighted by Gasteiger charge is -2.16. The van der Waals surface area contributed by atoms with Crippen LogP contribution >= 0.6 is 0 Å². The van der Waals surface area contributed by atoms with Crippen LogP contribution in [0.5, 0.6) is 0 Å². The highest BCUT2D eigenvalue weighted by Crippen LogP contribution is 2.28. The molecule has 5 heteroatoms. The van der Waals surface area contributed by atoms with Crippen molar-refractivity contribution in [3.05, 3.63) is 47.9 Å². The Morgan fingerprint density at radius 3 is 2.69 bits per heavy atom. The molecule has 0 saturated carbocycles. The molecule has 0 fully saturated rings. The maximum absolute atomic E-state index is 10.8. The van der Waals surface area contributed by atoms with Crippen LogP contribution in [0.15, 0.2) is 42.4 Å². The molecule has 0 aromatic heterocycles. The Morgan fingerprint density at radius 1 is 1.38 bits per heavy atom. The lowest BCUT2D eigenvalue weighted by molar-refractivity contribution is 0.0415. The number of nitrogens with two attached hydrogens (primary N) is 1. The lowest BCUT2D eigenvalue weighted by Crippen LogP contribution is -2.19. The van der Waals surface area contributed by atoms with Gasteiger partial charge in [-0.05, 0) is 0 Å². The van der Waals surface area contributed by atoms with Gasteiger partial charge in [-0.3, -0.25) is 0 Å². The Kier molecular flexibility index (Phi) is 2.95. The number of carbonyl (C=O) groups excluding carboxylic acids is 1. The van der Waals surface area contributed by atoms with Gasteiger partial charge in [-0.15, -0.1) is 0 Å². The van der Waals surface area contributed by atoms with Crippen molar-refractivity contribution in [3.63, 3.8) is 0 Å². The number of hydrogen-bond donors (Lipinski definition) is 1. The van der Waals surface area contributed by atoms with Gasteiger partial charge >= 0.3 is 6.09 Å². The summed E-state index contributed by atoms with van der Waals surface area (Å²) >= 11 is 0. The molecule has 0 saturated heterocycles. The fourth-order valence-corrected chi connectivity index (χ4v) is 1.42. The maximum Gasteiger partial charge on any atom is 0.405 e. The van der Waals surface area contributed by atoms with Crippen LogP contribution < -0.4 is 5.73 Å². The third-order valence-corrected chi connectivity index (χ3v) is 2.09. The number of ether oxygens (including phenoxy) is 3. The molecule has 16 heavy (non-hydrogen) atoms. The molecule has 0 aliphatic carbocycles. The van der Waals surface area contributed by atoms with Gasteiger partial charge in [0.2, 0.25) is 6.79 Å². The number of benzene rings is 1. The van der Waals surface area contributed by atoms with Gasteiger partial charge in [0.15, 0.2) is 11.9 Å². The number of carbonyl (C=O) groups is 1. The predicted octanol–water partition coefficient (Wildman–Crippen LogP) is 1.67. The minimum Gasteiger partial charge on any atom is -0.461 e. The maximum atomic E-state index is 10.8. The van der Waals surface area contributed by atoms with E-state index in [1.165, 1.54) is 6.26 Å². The van der Waals surface area contributed by atoms with Crippen molar-refractivity contribution in [1.29, 1.82) is 0 Å². The van der Waals surface area contributed by atoms with Gasteiger partial charge in [-0.1, -0.05) is 30.3 Å². The van der Waals surface area contributed by atoms with Gasteiger partial charge in [-0.25, -0.2) is 4.79 Å². The molecule has 1 atom stereocenters. The minimum atomic E-state index is -0.856. The molecule has 1 heterocycles. The summed E-state index contributed by atoms with van der Waals surface area (Å²) in [6.07, 6.45) is -0.0906. The second-order valence-corrected chi connectivity index (χ2v) is 3.18. The number of rotatable bonds is 3. The van der Waals surface area contributed by atoms with Gasteiger partial charge in [0.25, 0.3) is 0 Å². The van der Waals surface area contributed by atoms with Crippen molar-refractivity contribution in [3.8, 4) is 0 Å². The number of primary amides is 1. The average molecular weight is 221 g/mol. The van der Waals surface area contributed by atoms with E-state index in [1.807, 2.05) is 30.3 Å². The summed E-state index contributed by atoms with van der Waals surface area (Å²) in [5, 5.41) is 0. The first kappa shape index (κ1) is 10.4. The molecular formula is C11H11NO4. The first-order valence-electron chi connectivity index (χ1n) is 4.73. The molecule has 2 N–H and O–H groups in total. The third kappa shape index (κ3) is 2.25. The van der Waals surface area contributed by atoms with Crippen LogP contribution in [0.2, 0.25) is 0 Å². The fraction of sp³-hybridized carbons (Fsp3) is 0.182. The summed E-state index contributed by atoms with van der Waals surface area (Å²) in [4.78, 5) is 10.8. The van der Waals surface area contributed by atoms with Crippen molar-refractivity contribution >= 4 is 6.09 Å². The Morgan fingerprint density at radius 2 is 2.12 bits per heavy atom. The summed E-state index contributed by atoms with van der Waals surface area (Å²) in [7, 11) is 0. The molecule has 1 aromatic rings. The summed E-state index contributed by atoms with van der Waals surface area (Å²) in [6.45, 7) is 0.126. The van der Waals surface area contributed by atoms with Crippen LogP contribution in [0, 0.1) is 0 Å². The van der Waals surface area contributed by atoms with Crippen LogP contribution in [-0.4, -0.2) is 12.9 Å². The van der Waals surface area contributed by atoms with Crippen molar-refractivity contribution in [2.45, 2.75) is 6.10 Å². The molecule has 1 aliphatic heterocycles. The van der Waals surface area contributed by atoms with Crippen molar-refractivity contribution in [2.24, 2.45) is 5.73 Å². The van der Waals surface area contributed by atoms with Gasteiger partial charge < -0.3 is 19.9 Å². The second kappa shape index (κ2) is 4.57. The Bertz CT molecular complexity index is 402. The van der Waals surface area contributed by atoms with Crippen LogP contribution in [0.1, 0.15) is 11.7 Å². The molecule has 0 bridgehead atoms. The van der Waals surface area contributed by atoms with E-state index in [0.717, 1.165) is 5.56 Å². The Balaban J connectivity index is 2.24. The van der Waals surface area contributed by atoms with Crippen molar-refractivity contribution < 1.29 is 19.0 Å². The van der Waals surface area contributed by atoms with E-state index in [-0.39, 0.29) is 6.79 Å². The number of amides is 1. The number of hydrogen-bond acceptors (Lipinski definition) is 4. The van der Waals surface area contributed by atoms with Gasteiger partial charge in [0.1, 0.15) is 6.26 Å². The normalized spacial score (nSPS) is 15.6.